The first-order valence-corrected chi connectivity index (χ1v) is 9.93. The number of benzene rings is 1. The summed E-state index contributed by atoms with van der Waals surface area (Å²) in [5, 5.41) is 19.7. The zero-order valence-corrected chi connectivity index (χ0v) is 17.3. The Hall–Kier alpha value is -6.38. The number of rotatable bonds is 0. The van der Waals surface area contributed by atoms with Crippen LogP contribution >= 0.6 is 0 Å². The third-order valence-corrected chi connectivity index (χ3v) is 5.88. The third kappa shape index (κ3) is 2.05. The van der Waals surface area contributed by atoms with Crippen molar-refractivity contribution in [3.8, 4) is 12.1 Å². The minimum atomic E-state index is -0.503. The lowest BCUT2D eigenvalue weighted by atomic mass is 10.1. The van der Waals surface area contributed by atoms with Crippen molar-refractivity contribution in [3.63, 3.8) is 0 Å². The van der Waals surface area contributed by atoms with Gasteiger partial charge in [0.25, 0.3) is 22.8 Å². The van der Waals surface area contributed by atoms with Crippen LogP contribution in [0.3, 0.4) is 0 Å². The van der Waals surface area contributed by atoms with Gasteiger partial charge >= 0.3 is 11.3 Å². The van der Waals surface area contributed by atoms with E-state index in [0.29, 0.717) is 10.8 Å². The molecule has 0 N–H and O–H groups in total. The Morgan fingerprint density at radius 3 is 1.64 bits per heavy atom. The SMILES string of the molecule is [C-]#[N+]c1nc2nc3c4cc5c(=O)n6c7nc(C#N)c(C#N)nc7nc6c5cc4c(=O)n3c2nc1[N+]#[C-]. The summed E-state index contributed by atoms with van der Waals surface area (Å²) < 4.78 is 2.38. The highest BCUT2D eigenvalue weighted by molar-refractivity contribution is 6.11. The van der Waals surface area contributed by atoms with E-state index in [1.54, 1.807) is 12.1 Å². The first kappa shape index (κ1) is 19.1. The summed E-state index contributed by atoms with van der Waals surface area (Å²) in [7, 11) is 0. The second-order valence-electron chi connectivity index (χ2n) is 7.63. The van der Waals surface area contributed by atoms with E-state index in [1.807, 2.05) is 0 Å². The number of aromatic nitrogens is 8. The van der Waals surface area contributed by atoms with E-state index in [-0.39, 0.29) is 67.7 Å². The molecule has 0 bridgehead atoms. The minimum Gasteiger partial charge on any atom is -0.370 e. The molecule has 0 aliphatic carbocycles. The van der Waals surface area contributed by atoms with Gasteiger partial charge in [0.2, 0.25) is 0 Å². The van der Waals surface area contributed by atoms with Gasteiger partial charge in [-0.3, -0.25) is 9.59 Å². The summed E-state index contributed by atoms with van der Waals surface area (Å²) in [6.45, 7) is 14.4. The predicted molar refractivity (Wildman–Crippen MR) is 122 cm³/mol. The van der Waals surface area contributed by atoms with Crippen LogP contribution in [0.1, 0.15) is 11.4 Å². The average Bonchev–Trinajstić information content (AvgIpc) is 3.60. The number of nitriles is 2. The van der Waals surface area contributed by atoms with Gasteiger partial charge in [-0.15, -0.1) is 9.97 Å². The molecule has 6 heterocycles. The highest BCUT2D eigenvalue weighted by Crippen LogP contribution is 2.31. The summed E-state index contributed by atoms with van der Waals surface area (Å²) in [6.07, 6.45) is 0. The van der Waals surface area contributed by atoms with Gasteiger partial charge in [-0.1, -0.05) is 13.1 Å². The maximum Gasteiger partial charge on any atom is 0.316 e. The normalized spacial score (nSPS) is 11.4. The molecule has 1 aromatic carbocycles. The molecular formula is C22H2N12O2. The van der Waals surface area contributed by atoms with Crippen molar-refractivity contribution in [1.82, 2.24) is 38.7 Å². The third-order valence-electron chi connectivity index (χ3n) is 5.88. The highest BCUT2D eigenvalue weighted by atomic mass is 16.1. The first-order chi connectivity index (χ1) is 17.5. The Balaban J connectivity index is 1.64. The summed E-state index contributed by atoms with van der Waals surface area (Å²) in [4.78, 5) is 58.1. The van der Waals surface area contributed by atoms with Crippen LogP contribution in [0.25, 0.3) is 65.1 Å². The molecular weight excluding hydrogens is 464 g/mol. The smallest absolute Gasteiger partial charge is 0.316 e. The van der Waals surface area contributed by atoms with Gasteiger partial charge in [-0.2, -0.15) is 15.5 Å². The maximum absolute atomic E-state index is 13.4. The van der Waals surface area contributed by atoms with Crippen LogP contribution in [0, 0.1) is 35.8 Å². The Morgan fingerprint density at radius 1 is 0.639 bits per heavy atom. The zero-order chi connectivity index (χ0) is 24.9. The van der Waals surface area contributed by atoms with E-state index in [0.717, 1.165) is 0 Å². The number of hydrogen-bond donors (Lipinski definition) is 0. The molecule has 0 saturated heterocycles. The van der Waals surface area contributed by atoms with Crippen molar-refractivity contribution in [2.45, 2.75) is 0 Å². The van der Waals surface area contributed by atoms with E-state index in [4.69, 9.17) is 13.1 Å². The molecule has 36 heavy (non-hydrogen) atoms. The van der Waals surface area contributed by atoms with Crippen LogP contribution in [-0.4, -0.2) is 38.7 Å². The monoisotopic (exact) mass is 466 g/mol. The lowest BCUT2D eigenvalue weighted by Gasteiger charge is -1.93. The van der Waals surface area contributed by atoms with Crippen LogP contribution in [0.5, 0.6) is 0 Å². The molecule has 0 unspecified atom stereocenters. The summed E-state index contributed by atoms with van der Waals surface area (Å²) in [5.41, 5.74) is -0.998. The number of hydrogen-bond acceptors (Lipinski definition) is 10. The molecule has 7 rings (SSSR count). The van der Waals surface area contributed by atoms with Gasteiger partial charge in [0.1, 0.15) is 12.1 Å². The molecule has 0 saturated carbocycles. The Labute approximate surface area is 195 Å². The summed E-state index contributed by atoms with van der Waals surface area (Å²) >= 11 is 0. The van der Waals surface area contributed by atoms with Gasteiger partial charge in [0.15, 0.2) is 34.0 Å². The van der Waals surface area contributed by atoms with Crippen LogP contribution in [-0.2, 0) is 0 Å². The van der Waals surface area contributed by atoms with Gasteiger partial charge in [0.05, 0.1) is 10.8 Å². The predicted octanol–water partition coefficient (Wildman–Crippen LogP) is 1.62. The van der Waals surface area contributed by atoms with E-state index in [9.17, 15) is 20.1 Å². The second kappa shape index (κ2) is 6.14. The van der Waals surface area contributed by atoms with Crippen molar-refractivity contribution in [2.75, 3.05) is 0 Å². The first-order valence-electron chi connectivity index (χ1n) is 9.93. The van der Waals surface area contributed by atoms with E-state index in [2.05, 4.69) is 39.6 Å². The fourth-order valence-electron chi connectivity index (χ4n) is 4.39. The molecule has 0 atom stereocenters. The zero-order valence-electron chi connectivity index (χ0n) is 17.3. The molecule has 0 fully saturated rings. The van der Waals surface area contributed by atoms with Crippen molar-refractivity contribution in [1.29, 1.82) is 10.5 Å². The van der Waals surface area contributed by atoms with Crippen molar-refractivity contribution < 1.29 is 0 Å². The number of fused-ring (bicyclic) bond motifs is 10. The fourth-order valence-corrected chi connectivity index (χ4v) is 4.39. The van der Waals surface area contributed by atoms with Crippen molar-refractivity contribution in [3.05, 3.63) is 67.1 Å². The molecule has 0 spiro atoms. The average molecular weight is 466 g/mol. The van der Waals surface area contributed by atoms with Crippen LogP contribution < -0.4 is 11.1 Å². The molecule has 0 radical (unpaired) electrons. The van der Waals surface area contributed by atoms with E-state index >= 15 is 0 Å². The Bertz CT molecular complexity index is 2290. The van der Waals surface area contributed by atoms with Gasteiger partial charge in [0, 0.05) is 10.8 Å². The van der Waals surface area contributed by atoms with Gasteiger partial charge in [-0.25, -0.2) is 23.8 Å². The molecule has 0 aliphatic rings. The standard InChI is InChI=1S/C22H2N12O2/c1-25-13-14(26-2)30-20-16(29-13)32-18-8-4-9-7(3-10(8)22(36)34(18)20)17-31-15-19(33(17)21(9)35)28-12(6-24)11(5-23)27-15/h3-4H. The van der Waals surface area contributed by atoms with Crippen LogP contribution in [0.2, 0.25) is 0 Å². The lowest BCUT2D eigenvalue weighted by Crippen LogP contribution is -2.08. The van der Waals surface area contributed by atoms with E-state index < -0.39 is 11.1 Å². The van der Waals surface area contributed by atoms with Gasteiger partial charge < -0.3 is 9.69 Å². The molecule has 0 amide bonds. The molecule has 162 valence electrons. The fraction of sp³-hybridized carbons (Fsp3) is 0. The molecule has 7 aromatic rings. The lowest BCUT2D eigenvalue weighted by molar-refractivity contribution is 1.13. The van der Waals surface area contributed by atoms with Crippen molar-refractivity contribution >= 4 is 67.1 Å². The largest absolute Gasteiger partial charge is 0.370 e. The van der Waals surface area contributed by atoms with Crippen LogP contribution in [0.15, 0.2) is 21.7 Å². The maximum atomic E-state index is 13.4. The molecule has 6 aromatic heterocycles. The quantitative estimate of drug-likeness (QED) is 0.298. The molecule has 0 aliphatic heterocycles. The topological polar surface area (TPSA) is 177 Å². The van der Waals surface area contributed by atoms with E-state index in [1.165, 1.54) is 20.9 Å². The van der Waals surface area contributed by atoms with Crippen molar-refractivity contribution in [2.24, 2.45) is 0 Å². The Kier molecular flexibility index (Phi) is 3.26. The Morgan fingerprint density at radius 2 is 1.11 bits per heavy atom. The second-order valence-corrected chi connectivity index (χ2v) is 7.63. The minimum absolute atomic E-state index is 0.0165. The van der Waals surface area contributed by atoms with Crippen LogP contribution in [0.4, 0.5) is 11.6 Å². The van der Waals surface area contributed by atoms with Gasteiger partial charge in [-0.05, 0) is 12.1 Å². The summed E-state index contributed by atoms with van der Waals surface area (Å²) in [6, 6.07) is 6.57. The molecule has 14 heteroatoms. The molecule has 14 nitrogen and oxygen atoms in total. The number of nitrogens with zero attached hydrogens (tertiary/aromatic N) is 12. The number of imidazole rings is 2. The highest BCUT2D eigenvalue weighted by Gasteiger charge is 2.26. The summed E-state index contributed by atoms with van der Waals surface area (Å²) in [5.74, 6) is -0.468.